The minimum Gasteiger partial charge on any atom is -0.490 e. The molecule has 0 spiro atoms. The van der Waals surface area contributed by atoms with Crippen LogP contribution in [-0.4, -0.2) is 23.5 Å². The van der Waals surface area contributed by atoms with Crippen molar-refractivity contribution in [3.63, 3.8) is 0 Å². The molecule has 1 saturated heterocycles. The van der Waals surface area contributed by atoms with Crippen molar-refractivity contribution in [3.8, 4) is 17.2 Å². The third-order valence-electron chi connectivity index (χ3n) is 5.20. The summed E-state index contributed by atoms with van der Waals surface area (Å²) in [6.45, 7) is 2.96. The van der Waals surface area contributed by atoms with Gasteiger partial charge in [0, 0.05) is 0 Å². The molecule has 1 aliphatic heterocycles. The number of carbonyl (C=O) groups is 2. The lowest BCUT2D eigenvalue weighted by molar-refractivity contribution is -0.123. The summed E-state index contributed by atoms with van der Waals surface area (Å²) in [6.07, 6.45) is 1.37. The molecule has 0 unspecified atom stereocenters. The van der Waals surface area contributed by atoms with Crippen molar-refractivity contribution in [1.29, 1.82) is 0 Å². The summed E-state index contributed by atoms with van der Waals surface area (Å²) in [4.78, 5) is 24.2. The van der Waals surface area contributed by atoms with E-state index in [0.717, 1.165) is 11.1 Å². The zero-order valence-electron chi connectivity index (χ0n) is 19.7. The summed E-state index contributed by atoms with van der Waals surface area (Å²) in [5, 5.41) is 5.15. The highest BCUT2D eigenvalue weighted by Gasteiger charge is 2.26. The first kappa shape index (κ1) is 26.5. The van der Waals surface area contributed by atoms with Crippen LogP contribution >= 0.6 is 35.4 Å². The van der Waals surface area contributed by atoms with Crippen molar-refractivity contribution in [2.24, 2.45) is 0 Å². The molecular formula is C27H22Cl2N2O5S. The second kappa shape index (κ2) is 12.1. The molecule has 0 saturated carbocycles. The molecule has 1 heterocycles. The number of hydrogen-bond donors (Lipinski definition) is 2. The van der Waals surface area contributed by atoms with E-state index in [4.69, 9.17) is 49.6 Å². The van der Waals surface area contributed by atoms with Crippen LogP contribution in [0, 0.1) is 0 Å². The molecule has 10 heteroatoms. The van der Waals surface area contributed by atoms with Gasteiger partial charge in [-0.1, -0.05) is 59.6 Å². The van der Waals surface area contributed by atoms with Gasteiger partial charge in [0.15, 0.2) is 22.4 Å². The van der Waals surface area contributed by atoms with Gasteiger partial charge in [0.1, 0.15) is 18.8 Å². The average Bonchev–Trinajstić information content (AvgIpc) is 2.86. The summed E-state index contributed by atoms with van der Waals surface area (Å²) in [5.41, 5.74) is 2.20. The molecule has 7 nitrogen and oxygen atoms in total. The second-order valence-corrected chi connectivity index (χ2v) is 9.11. The lowest BCUT2D eigenvalue weighted by Gasteiger charge is -2.17. The number of hydrogen-bond acceptors (Lipinski definition) is 6. The molecule has 0 bridgehead atoms. The number of thiocarbonyl (C=S) groups is 1. The van der Waals surface area contributed by atoms with Gasteiger partial charge in [0.25, 0.3) is 11.8 Å². The standard InChI is InChI=1S/C27H22Cl2N2O5S/c1-2-34-23-13-17(8-9-22(23)35-14-16-6-4-3-5-7-16)15-36-24-20(28)11-18(12-21(24)29)10-19-25(32)30-27(37)31-26(19)33/h3-13H,2,14-15H2,1H3,(H2,30,31,32,33,37). The number of ether oxygens (including phenoxy) is 3. The lowest BCUT2D eigenvalue weighted by Crippen LogP contribution is -2.51. The average molecular weight is 557 g/mol. The molecule has 190 valence electrons. The molecule has 37 heavy (non-hydrogen) atoms. The molecule has 0 aromatic heterocycles. The Morgan fingerprint density at radius 1 is 0.811 bits per heavy atom. The number of amides is 2. The number of halogens is 2. The maximum Gasteiger partial charge on any atom is 0.263 e. The van der Waals surface area contributed by atoms with Crippen molar-refractivity contribution in [3.05, 3.63) is 93.0 Å². The zero-order chi connectivity index (χ0) is 26.4. The third-order valence-corrected chi connectivity index (χ3v) is 5.97. The Labute approximate surface area is 229 Å². The van der Waals surface area contributed by atoms with E-state index >= 15 is 0 Å². The molecule has 2 amide bonds. The van der Waals surface area contributed by atoms with Crippen LogP contribution in [0.2, 0.25) is 10.0 Å². The van der Waals surface area contributed by atoms with Crippen LogP contribution in [-0.2, 0) is 22.8 Å². The van der Waals surface area contributed by atoms with Crippen molar-refractivity contribution in [2.75, 3.05) is 6.61 Å². The summed E-state index contributed by atoms with van der Waals surface area (Å²) in [5.74, 6) is 0.276. The van der Waals surface area contributed by atoms with Crippen molar-refractivity contribution in [2.45, 2.75) is 20.1 Å². The molecule has 0 atom stereocenters. The number of nitrogens with one attached hydrogen (secondary N) is 2. The van der Waals surface area contributed by atoms with Gasteiger partial charge in [0.2, 0.25) is 0 Å². The molecular weight excluding hydrogens is 535 g/mol. The topological polar surface area (TPSA) is 85.9 Å². The van der Waals surface area contributed by atoms with E-state index in [2.05, 4.69) is 10.6 Å². The first-order chi connectivity index (χ1) is 17.8. The van der Waals surface area contributed by atoms with Crippen LogP contribution in [0.4, 0.5) is 0 Å². The monoisotopic (exact) mass is 556 g/mol. The van der Waals surface area contributed by atoms with E-state index in [1.54, 1.807) is 12.1 Å². The quantitative estimate of drug-likeness (QED) is 0.206. The van der Waals surface area contributed by atoms with E-state index in [9.17, 15) is 9.59 Å². The van der Waals surface area contributed by atoms with Crippen LogP contribution in [0.25, 0.3) is 6.08 Å². The smallest absolute Gasteiger partial charge is 0.263 e. The summed E-state index contributed by atoms with van der Waals surface area (Å²) in [7, 11) is 0. The van der Waals surface area contributed by atoms with Crippen molar-refractivity contribution >= 4 is 58.4 Å². The molecule has 4 rings (SSSR count). The molecule has 1 fully saturated rings. The Balaban J connectivity index is 1.47. The minimum atomic E-state index is -0.609. The first-order valence-electron chi connectivity index (χ1n) is 11.3. The normalized spacial score (nSPS) is 13.1. The van der Waals surface area contributed by atoms with Crippen LogP contribution in [0.1, 0.15) is 23.6 Å². The van der Waals surface area contributed by atoms with Gasteiger partial charge in [-0.05, 0) is 66.2 Å². The van der Waals surface area contributed by atoms with Gasteiger partial charge in [-0.2, -0.15) is 0 Å². The van der Waals surface area contributed by atoms with Crippen LogP contribution in [0.5, 0.6) is 17.2 Å². The highest BCUT2D eigenvalue weighted by molar-refractivity contribution is 7.80. The van der Waals surface area contributed by atoms with Gasteiger partial charge in [-0.3, -0.25) is 20.2 Å². The molecule has 2 N–H and O–H groups in total. The number of carbonyl (C=O) groups excluding carboxylic acids is 2. The fraction of sp³-hybridized carbons (Fsp3) is 0.148. The maximum absolute atomic E-state index is 12.1. The van der Waals surface area contributed by atoms with Crippen LogP contribution in [0.15, 0.2) is 66.2 Å². The fourth-order valence-corrected chi connectivity index (χ4v) is 4.29. The van der Waals surface area contributed by atoms with E-state index in [-0.39, 0.29) is 33.1 Å². The molecule has 0 aliphatic carbocycles. The zero-order valence-corrected chi connectivity index (χ0v) is 22.0. The molecule has 1 aliphatic rings. The minimum absolute atomic E-state index is 0.0461. The largest absolute Gasteiger partial charge is 0.490 e. The Bertz CT molecular complexity index is 1330. The number of benzene rings is 3. The van der Waals surface area contributed by atoms with Gasteiger partial charge in [-0.25, -0.2) is 0 Å². The number of rotatable bonds is 9. The van der Waals surface area contributed by atoms with Crippen LogP contribution in [0.3, 0.4) is 0 Å². The van der Waals surface area contributed by atoms with E-state index in [1.165, 1.54) is 6.08 Å². The van der Waals surface area contributed by atoms with Crippen molar-refractivity contribution in [1.82, 2.24) is 10.6 Å². The van der Waals surface area contributed by atoms with Crippen molar-refractivity contribution < 1.29 is 23.8 Å². The summed E-state index contributed by atoms with van der Waals surface area (Å²) >= 11 is 17.6. The highest BCUT2D eigenvalue weighted by atomic mass is 35.5. The van der Waals surface area contributed by atoms with E-state index in [1.807, 2.05) is 55.5 Å². The fourth-order valence-electron chi connectivity index (χ4n) is 3.49. The van der Waals surface area contributed by atoms with Gasteiger partial charge in [0.05, 0.1) is 16.7 Å². The SMILES string of the molecule is CCOc1cc(COc2c(Cl)cc(C=C3C(=O)NC(=S)NC3=O)cc2Cl)ccc1OCc1ccccc1. The predicted molar refractivity (Wildman–Crippen MR) is 146 cm³/mol. The van der Waals surface area contributed by atoms with Gasteiger partial charge >= 0.3 is 0 Å². The maximum atomic E-state index is 12.1. The Morgan fingerprint density at radius 2 is 1.46 bits per heavy atom. The third kappa shape index (κ3) is 6.80. The molecule has 0 radical (unpaired) electrons. The molecule has 3 aromatic rings. The summed E-state index contributed by atoms with van der Waals surface area (Å²) < 4.78 is 17.6. The Kier molecular flexibility index (Phi) is 8.66. The lowest BCUT2D eigenvalue weighted by atomic mass is 10.1. The highest BCUT2D eigenvalue weighted by Crippen LogP contribution is 2.36. The van der Waals surface area contributed by atoms with Crippen LogP contribution < -0.4 is 24.8 Å². The van der Waals surface area contributed by atoms with E-state index in [0.29, 0.717) is 30.3 Å². The molecule has 3 aromatic carbocycles. The first-order valence-corrected chi connectivity index (χ1v) is 12.4. The van der Waals surface area contributed by atoms with E-state index < -0.39 is 11.8 Å². The van der Waals surface area contributed by atoms with Gasteiger partial charge in [-0.15, -0.1) is 0 Å². The Hall–Kier alpha value is -3.59. The predicted octanol–water partition coefficient (Wildman–Crippen LogP) is 5.46. The summed E-state index contributed by atoms with van der Waals surface area (Å²) in [6, 6.07) is 18.5. The van der Waals surface area contributed by atoms with Gasteiger partial charge < -0.3 is 14.2 Å². The Morgan fingerprint density at radius 3 is 2.11 bits per heavy atom. The second-order valence-electron chi connectivity index (χ2n) is 7.89.